The third kappa shape index (κ3) is 299. The van der Waals surface area contributed by atoms with E-state index in [1.807, 2.05) is 0 Å². The van der Waals surface area contributed by atoms with Crippen molar-refractivity contribution < 1.29 is 68.2 Å². The third-order valence-electron chi connectivity index (χ3n) is 0.331. The van der Waals surface area contributed by atoms with E-state index in [-0.39, 0.29) is 72.2 Å². The maximum absolute atomic E-state index is 8.36. The third-order valence-corrected chi connectivity index (χ3v) is 0.331. The van der Waals surface area contributed by atoms with Gasteiger partial charge >= 0.3 is 42.1 Å². The van der Waals surface area contributed by atoms with Gasteiger partial charge in [0, 0.05) is 0 Å². The van der Waals surface area contributed by atoms with Crippen LogP contribution in [-0.2, 0) is 42.1 Å². The zero-order chi connectivity index (χ0) is 10.7. The fourth-order valence-electron chi connectivity index (χ4n) is 0.167. The molecule has 0 radical (unpaired) electrons. The Morgan fingerprint density at radius 1 is 0.850 bits per heavy atom. The van der Waals surface area contributed by atoms with Crippen LogP contribution < -0.4 is 24.6 Å². The molecule has 0 saturated carbocycles. The van der Waals surface area contributed by atoms with Crippen LogP contribution in [0, 0.1) is 20.2 Å². The average molecular weight is 670 g/mol. The smallest absolute Gasteiger partial charge is 0.870 e. The van der Waals surface area contributed by atoms with Crippen LogP contribution in [0.4, 0.5) is 0 Å². The number of aromatic amines is 1. The van der Waals surface area contributed by atoms with Crippen molar-refractivity contribution in [3.63, 3.8) is 0 Å². The van der Waals surface area contributed by atoms with Crippen LogP contribution in [0.25, 0.3) is 0 Å². The Hall–Kier alpha value is -1.28. The van der Waals surface area contributed by atoms with Gasteiger partial charge < -0.3 is 40.5 Å². The molecule has 16 nitrogen and oxygen atoms in total. The summed E-state index contributed by atoms with van der Waals surface area (Å²) in [5.74, 6) is 0. The van der Waals surface area contributed by atoms with Gasteiger partial charge in [-0.1, -0.05) is 0 Å². The van der Waals surface area contributed by atoms with Crippen LogP contribution in [0.2, 0.25) is 0 Å². The summed E-state index contributed by atoms with van der Waals surface area (Å²) in [6.07, 6.45) is 3.17. The van der Waals surface area contributed by atoms with Gasteiger partial charge in [0.05, 0.1) is 12.4 Å². The molecule has 0 aromatic carbocycles. The van der Waals surface area contributed by atoms with E-state index < -0.39 is 10.2 Å². The first-order valence-electron chi connectivity index (χ1n) is 2.43. The maximum atomic E-state index is 8.36. The van der Waals surface area contributed by atoms with Gasteiger partial charge in [0.1, 0.15) is 0 Å². The number of aromatic nitrogens is 3. The summed E-state index contributed by atoms with van der Waals surface area (Å²) in [6.45, 7) is 0. The standard InChI is InChI=1S/C2H3N3.2HNO3.4H3N.H2O.2Pt/c1-2-4-5-3-1;2*2-1(3)4;;;;;;;/h1-2H,(H,3,4,5);2*(H,2,3,4);4*1H3;1H2;;/q;;;;;;;;2*+2/p-1. The van der Waals surface area contributed by atoms with Gasteiger partial charge in [-0.3, -0.25) is 0 Å². The zero-order valence-corrected chi connectivity index (χ0v) is 14.4. The number of nitrogens with zero attached hydrogens (tertiary/aromatic N) is 4. The second kappa shape index (κ2) is 52.4. The zero-order valence-electron chi connectivity index (χ0n) is 9.88. The molecule has 130 valence electrons. The van der Waals surface area contributed by atoms with Crippen LogP contribution in [0.3, 0.4) is 0 Å². The Kier molecular flexibility index (Phi) is 163. The Morgan fingerprint density at radius 3 is 1.05 bits per heavy atom. The molecule has 16 N–H and O–H groups in total. The first kappa shape index (κ1) is 62.2. The second-order valence-electron chi connectivity index (χ2n) is 1.13. The maximum Gasteiger partial charge on any atom is 2.00 e. The Morgan fingerprint density at radius 2 is 1.00 bits per heavy atom. The van der Waals surface area contributed by atoms with Crippen LogP contribution in [0.15, 0.2) is 12.4 Å². The van der Waals surface area contributed by atoms with Crippen molar-refractivity contribution in [2.45, 2.75) is 0 Å². The van der Waals surface area contributed by atoms with E-state index in [1.165, 1.54) is 0 Å². The summed E-state index contributed by atoms with van der Waals surface area (Å²) in [6, 6.07) is 0. The SMILES string of the molecule is N.N.N.N.O=[N+]([O-])O.O=[N+]([O-])O.[OH-].[Pt+2].[Pt+2].c1cn[nH]n1. The van der Waals surface area contributed by atoms with E-state index in [4.69, 9.17) is 30.6 Å². The predicted molar refractivity (Wildman–Crippen MR) is 56.0 cm³/mol. The van der Waals surface area contributed by atoms with Crippen LogP contribution in [0.1, 0.15) is 0 Å². The second-order valence-corrected chi connectivity index (χ2v) is 1.13. The number of H-pyrrole nitrogens is 1. The summed E-state index contributed by atoms with van der Waals surface area (Å²) < 4.78 is 0. The molecule has 0 fully saturated rings. The van der Waals surface area contributed by atoms with E-state index >= 15 is 0 Å². The Labute approximate surface area is 141 Å². The average Bonchev–Trinajstić information content (AvgIpc) is 2.35. The molecule has 1 heterocycles. The quantitative estimate of drug-likeness (QED) is 0.136. The molecular formula is C2H18N9O7Pt2+3. The fraction of sp³-hybridized carbons (Fsp3) is 0. The van der Waals surface area contributed by atoms with Gasteiger partial charge in [-0.25, -0.2) is 0 Å². The molecule has 0 amide bonds. The fourth-order valence-corrected chi connectivity index (χ4v) is 0.167. The van der Waals surface area contributed by atoms with Crippen LogP contribution in [-0.4, -0.2) is 41.5 Å². The molecule has 1 aromatic rings. The first-order valence-corrected chi connectivity index (χ1v) is 2.43. The van der Waals surface area contributed by atoms with Crippen molar-refractivity contribution in [1.29, 1.82) is 0 Å². The minimum atomic E-state index is -1.50. The number of hydrogen-bond acceptors (Lipinski definition) is 11. The van der Waals surface area contributed by atoms with Gasteiger partial charge in [0.15, 0.2) is 0 Å². The number of nitrogens with one attached hydrogen (secondary N) is 1. The van der Waals surface area contributed by atoms with Crippen molar-refractivity contribution >= 4 is 0 Å². The molecule has 18 heteroatoms. The van der Waals surface area contributed by atoms with Gasteiger partial charge in [-0.05, 0) is 0 Å². The van der Waals surface area contributed by atoms with Gasteiger partial charge in [0.2, 0.25) is 0 Å². The number of rotatable bonds is 0. The Balaban J connectivity index is -0.0000000111. The molecular weight excluding hydrogens is 652 g/mol. The number of hydrogen-bond donors (Lipinski definition) is 7. The summed E-state index contributed by atoms with van der Waals surface area (Å²) in [4.78, 5) is 16.7. The minimum Gasteiger partial charge on any atom is -0.870 e. The van der Waals surface area contributed by atoms with Crippen molar-refractivity contribution in [3.8, 4) is 0 Å². The van der Waals surface area contributed by atoms with Crippen LogP contribution in [0.5, 0.6) is 0 Å². The molecule has 1 rings (SSSR count). The van der Waals surface area contributed by atoms with Crippen molar-refractivity contribution in [2.75, 3.05) is 0 Å². The first-order chi connectivity index (χ1) is 5.96. The minimum absolute atomic E-state index is 0. The van der Waals surface area contributed by atoms with Crippen LogP contribution >= 0.6 is 0 Å². The molecule has 0 aliphatic rings. The van der Waals surface area contributed by atoms with E-state index in [0.29, 0.717) is 0 Å². The summed E-state index contributed by atoms with van der Waals surface area (Å²) >= 11 is 0. The normalized spacial score (nSPS) is 4.40. The van der Waals surface area contributed by atoms with Crippen molar-refractivity contribution in [2.24, 2.45) is 0 Å². The topological polar surface area (TPSA) is 338 Å². The largest absolute Gasteiger partial charge is 2.00 e. The molecule has 0 aliphatic carbocycles. The van der Waals surface area contributed by atoms with Crippen molar-refractivity contribution in [3.05, 3.63) is 32.6 Å². The van der Waals surface area contributed by atoms with Gasteiger partial charge in [-0.15, -0.1) is 20.2 Å². The summed E-state index contributed by atoms with van der Waals surface area (Å²) in [7, 11) is 0. The molecule has 0 spiro atoms. The molecule has 0 saturated heterocycles. The summed E-state index contributed by atoms with van der Waals surface area (Å²) in [5.41, 5.74) is 0. The monoisotopic (exact) mass is 670 g/mol. The summed E-state index contributed by atoms with van der Waals surface area (Å²) in [5, 5.41) is 36.6. The van der Waals surface area contributed by atoms with E-state index in [9.17, 15) is 0 Å². The van der Waals surface area contributed by atoms with E-state index in [1.54, 1.807) is 12.4 Å². The molecule has 0 bridgehead atoms. The van der Waals surface area contributed by atoms with E-state index in [0.717, 1.165) is 0 Å². The molecule has 20 heavy (non-hydrogen) atoms. The van der Waals surface area contributed by atoms with Gasteiger partial charge in [0.25, 0.3) is 10.2 Å². The molecule has 0 aliphatic heterocycles. The predicted octanol–water partition coefficient (Wildman–Crippen LogP) is -0.424. The van der Waals surface area contributed by atoms with E-state index in [2.05, 4.69) is 15.4 Å². The molecule has 0 atom stereocenters. The molecule has 1 aromatic heterocycles. The Bertz CT molecular complexity index is 199. The van der Waals surface area contributed by atoms with Crippen molar-refractivity contribution in [1.82, 2.24) is 40.0 Å². The molecule has 0 unspecified atom stereocenters. The van der Waals surface area contributed by atoms with Gasteiger partial charge in [-0.2, -0.15) is 15.4 Å².